The number of carbonyl (C=O) groups is 4. The van der Waals surface area contributed by atoms with Crippen LogP contribution in [-0.4, -0.2) is 46.9 Å². The molecule has 0 fully saturated rings. The molecule has 0 saturated carbocycles. The average molecular weight is 426 g/mol. The number of ketones is 2. The second-order valence-electron chi connectivity index (χ2n) is 4.58. The minimum atomic E-state index is -1.27. The number of aliphatic hydroxyl groups excluding tert-OH is 2. The summed E-state index contributed by atoms with van der Waals surface area (Å²) in [6.45, 7) is 5.98. The van der Waals surface area contributed by atoms with Gasteiger partial charge in [0.15, 0.2) is 0 Å². The zero-order chi connectivity index (χ0) is 19.0. The van der Waals surface area contributed by atoms with Crippen LogP contribution in [0.3, 0.4) is 0 Å². The van der Waals surface area contributed by atoms with Gasteiger partial charge in [0.2, 0.25) is 0 Å². The van der Waals surface area contributed by atoms with Gasteiger partial charge in [0.25, 0.3) is 0 Å². The Kier molecular flexibility index (Phi) is 25.9. The zero-order valence-electron chi connectivity index (χ0n) is 14.5. The summed E-state index contributed by atoms with van der Waals surface area (Å²) >= 11 is 0. The molecule has 0 aliphatic rings. The number of rotatable bonds is 8. The molecule has 8 nitrogen and oxygen atoms in total. The Morgan fingerprint density at radius 3 is 1.04 bits per heavy atom. The molecule has 0 rings (SSSR count). The van der Waals surface area contributed by atoms with Gasteiger partial charge in [0, 0.05) is 13.2 Å². The molecule has 0 radical (unpaired) electrons. The number of carboxylic acid groups (broad SMARTS) is 2. The first kappa shape index (κ1) is 30.9. The van der Waals surface area contributed by atoms with Gasteiger partial charge in [-0.15, -0.1) is 0 Å². The van der Waals surface area contributed by atoms with Gasteiger partial charge in [-0.3, -0.25) is 9.59 Å². The molecule has 24 heavy (non-hydrogen) atoms. The second-order valence-corrected chi connectivity index (χ2v) is 4.58. The van der Waals surface area contributed by atoms with Crippen molar-refractivity contribution in [2.24, 2.45) is 11.8 Å². The summed E-state index contributed by atoms with van der Waals surface area (Å²) in [6.07, 6.45) is 1.13. The third kappa shape index (κ3) is 19.1. The van der Waals surface area contributed by atoms with Crippen LogP contribution in [0.5, 0.6) is 0 Å². The van der Waals surface area contributed by atoms with Crippen molar-refractivity contribution in [1.29, 1.82) is 0 Å². The Morgan fingerprint density at radius 1 is 0.792 bits per heavy atom. The number of aliphatic hydroxyl groups is 2. The molecule has 0 aliphatic carbocycles. The van der Waals surface area contributed by atoms with Crippen LogP contribution in [0.15, 0.2) is 0 Å². The molecular formula is C15H26O8Zr. The van der Waals surface area contributed by atoms with Gasteiger partial charge < -0.3 is 30.0 Å². The standard InChI is InChI=1S/2C6H10O3.C3H8O2.Zr/c2*1-3-5(4(2)7)6(8)9;4-2-1-3-5;/h2*5H,3H2,1-2H3,(H,8,9);4-5H,1-3H2;/q;;;+2/p-2. The van der Waals surface area contributed by atoms with Crippen LogP contribution in [0.4, 0.5) is 0 Å². The van der Waals surface area contributed by atoms with E-state index in [2.05, 4.69) is 0 Å². The predicted octanol–water partition coefficient (Wildman–Crippen LogP) is -1.94. The fourth-order valence-corrected chi connectivity index (χ4v) is 1.31. The molecule has 0 saturated heterocycles. The first-order valence-electron chi connectivity index (χ1n) is 7.24. The molecule has 0 heterocycles. The van der Waals surface area contributed by atoms with Gasteiger partial charge in [-0.2, -0.15) is 0 Å². The second kappa shape index (κ2) is 20.1. The first-order valence-corrected chi connectivity index (χ1v) is 7.24. The number of Topliss-reactive ketones (excluding diaryl/α,β-unsaturated/α-hetero) is 2. The van der Waals surface area contributed by atoms with Crippen molar-refractivity contribution < 1.29 is 65.8 Å². The Bertz CT molecular complexity index is 308. The van der Waals surface area contributed by atoms with Crippen molar-refractivity contribution in [1.82, 2.24) is 0 Å². The summed E-state index contributed by atoms with van der Waals surface area (Å²) in [5.74, 6) is -5.04. The normalized spacial score (nSPS) is 11.2. The smallest absolute Gasteiger partial charge is 0.549 e. The van der Waals surface area contributed by atoms with Crippen molar-refractivity contribution in [3.05, 3.63) is 0 Å². The van der Waals surface area contributed by atoms with E-state index >= 15 is 0 Å². The number of hydrogen-bond donors (Lipinski definition) is 2. The van der Waals surface area contributed by atoms with Crippen LogP contribution in [0, 0.1) is 11.8 Å². The summed E-state index contributed by atoms with van der Waals surface area (Å²) in [4.78, 5) is 40.9. The van der Waals surface area contributed by atoms with Crippen molar-refractivity contribution in [3.63, 3.8) is 0 Å². The number of carbonyl (C=O) groups excluding carboxylic acids is 4. The summed E-state index contributed by atoms with van der Waals surface area (Å²) in [5, 5.41) is 35.9. The minimum Gasteiger partial charge on any atom is -0.549 e. The van der Waals surface area contributed by atoms with Crippen molar-refractivity contribution in [3.8, 4) is 0 Å². The van der Waals surface area contributed by atoms with Crippen LogP contribution in [0.25, 0.3) is 0 Å². The third-order valence-corrected chi connectivity index (χ3v) is 2.68. The van der Waals surface area contributed by atoms with Gasteiger partial charge in [-0.25, -0.2) is 0 Å². The quantitative estimate of drug-likeness (QED) is 0.426. The van der Waals surface area contributed by atoms with Crippen LogP contribution in [-0.2, 0) is 45.4 Å². The minimum absolute atomic E-state index is 0. The molecule has 138 valence electrons. The van der Waals surface area contributed by atoms with E-state index in [0.29, 0.717) is 19.3 Å². The van der Waals surface area contributed by atoms with Gasteiger partial charge >= 0.3 is 26.2 Å². The van der Waals surface area contributed by atoms with Crippen LogP contribution < -0.4 is 10.2 Å². The molecule has 0 aliphatic heterocycles. The van der Waals surface area contributed by atoms with Crippen molar-refractivity contribution >= 4 is 23.5 Å². The molecule has 2 unspecified atom stereocenters. The largest absolute Gasteiger partial charge is 2.00 e. The van der Waals surface area contributed by atoms with Crippen LogP contribution >= 0.6 is 0 Å². The topological polar surface area (TPSA) is 155 Å². The van der Waals surface area contributed by atoms with Crippen LogP contribution in [0.2, 0.25) is 0 Å². The third-order valence-electron chi connectivity index (χ3n) is 2.68. The van der Waals surface area contributed by atoms with Gasteiger partial charge in [-0.05, 0) is 33.1 Å². The molecule has 9 heteroatoms. The molecule has 0 spiro atoms. The molecule has 0 aromatic carbocycles. The summed E-state index contributed by atoms with van der Waals surface area (Å²) in [7, 11) is 0. The first-order chi connectivity index (χ1) is 10.6. The molecule has 2 N–H and O–H groups in total. The number of aliphatic carboxylic acids is 2. The number of hydrogen-bond acceptors (Lipinski definition) is 8. The number of carboxylic acids is 2. The molecular weight excluding hydrogens is 399 g/mol. The monoisotopic (exact) mass is 424 g/mol. The fraction of sp³-hybridized carbons (Fsp3) is 0.733. The van der Waals surface area contributed by atoms with E-state index in [-0.39, 0.29) is 51.0 Å². The predicted molar refractivity (Wildman–Crippen MR) is 77.7 cm³/mol. The zero-order valence-corrected chi connectivity index (χ0v) is 17.0. The Hall–Kier alpha value is -0.917. The van der Waals surface area contributed by atoms with E-state index in [4.69, 9.17) is 10.2 Å². The summed E-state index contributed by atoms with van der Waals surface area (Å²) in [6, 6.07) is 0. The van der Waals surface area contributed by atoms with Crippen molar-refractivity contribution in [2.45, 2.75) is 47.0 Å². The maximum Gasteiger partial charge on any atom is 2.00 e. The maximum absolute atomic E-state index is 10.4. The van der Waals surface area contributed by atoms with Gasteiger partial charge in [0.05, 0.1) is 23.8 Å². The fourth-order valence-electron chi connectivity index (χ4n) is 1.31. The summed E-state index contributed by atoms with van der Waals surface area (Å²) in [5.41, 5.74) is 0. The molecule has 0 amide bonds. The SMILES string of the molecule is CCC(C(C)=O)C(=O)[O-].CCC(C(C)=O)C(=O)[O-].OCCCO.[Zr+2]. The van der Waals surface area contributed by atoms with Gasteiger partial charge in [0.1, 0.15) is 11.6 Å². The van der Waals surface area contributed by atoms with Crippen LogP contribution in [0.1, 0.15) is 47.0 Å². The average Bonchev–Trinajstić information content (AvgIpc) is 2.40. The van der Waals surface area contributed by atoms with E-state index in [1.807, 2.05) is 0 Å². The molecule has 2 atom stereocenters. The Balaban J connectivity index is -0.000000128. The van der Waals surface area contributed by atoms with E-state index in [1.165, 1.54) is 13.8 Å². The Labute approximate surface area is 161 Å². The molecule has 0 aromatic rings. The van der Waals surface area contributed by atoms with Crippen molar-refractivity contribution in [2.75, 3.05) is 13.2 Å². The summed E-state index contributed by atoms with van der Waals surface area (Å²) < 4.78 is 0. The van der Waals surface area contributed by atoms with E-state index in [9.17, 15) is 29.4 Å². The van der Waals surface area contributed by atoms with E-state index < -0.39 is 23.8 Å². The molecule has 0 aromatic heterocycles. The van der Waals surface area contributed by atoms with Gasteiger partial charge in [-0.1, -0.05) is 13.8 Å². The Morgan fingerprint density at radius 2 is 1.04 bits per heavy atom. The maximum atomic E-state index is 10.4. The van der Waals surface area contributed by atoms with E-state index in [1.54, 1.807) is 13.8 Å². The van der Waals surface area contributed by atoms with E-state index in [0.717, 1.165) is 0 Å². The molecule has 0 bridgehead atoms.